The van der Waals surface area contributed by atoms with Gasteiger partial charge in [0.25, 0.3) is 0 Å². The maximum atomic E-state index is 10.5. The molecule has 1 heterocycles. The normalized spacial score (nSPS) is 20.1. The van der Waals surface area contributed by atoms with E-state index in [0.717, 1.165) is 6.42 Å². The van der Waals surface area contributed by atoms with Gasteiger partial charge in [0.1, 0.15) is 0 Å². The van der Waals surface area contributed by atoms with Crippen LogP contribution in [-0.4, -0.2) is 17.5 Å². The van der Waals surface area contributed by atoms with E-state index in [9.17, 15) is 4.79 Å². The Labute approximate surface area is 47.1 Å². The molecular formula is C4H8N2O2. The van der Waals surface area contributed by atoms with Crippen LogP contribution in [0.4, 0.5) is 0 Å². The van der Waals surface area contributed by atoms with Crippen LogP contribution in [0.5, 0.6) is 0 Å². The summed E-state index contributed by atoms with van der Waals surface area (Å²) < 4.78 is 0. The van der Waals surface area contributed by atoms with E-state index in [2.05, 4.69) is 4.94 Å². The molecule has 0 saturated carbocycles. The molecule has 4 nitrogen and oxygen atoms in total. The minimum Gasteiger partial charge on any atom is -0.273 e. The Morgan fingerprint density at radius 2 is 2.50 bits per heavy atom. The van der Waals surface area contributed by atoms with Crippen molar-refractivity contribution < 1.29 is 9.73 Å². The maximum Gasteiger partial charge on any atom is 0.247 e. The second-order valence-electron chi connectivity index (χ2n) is 1.70. The Morgan fingerprint density at radius 3 is 2.75 bits per heavy atom. The van der Waals surface area contributed by atoms with Crippen molar-refractivity contribution in [2.75, 3.05) is 6.54 Å². The largest absolute Gasteiger partial charge is 0.273 e. The third kappa shape index (κ3) is 0.801. The van der Waals surface area contributed by atoms with Crippen molar-refractivity contribution in [2.45, 2.75) is 12.8 Å². The summed E-state index contributed by atoms with van der Waals surface area (Å²) in [7, 11) is 0. The Balaban J connectivity index is 2.42. The summed E-state index contributed by atoms with van der Waals surface area (Å²) in [6, 6.07) is 0. The number of hydrogen-bond acceptors (Lipinski definition) is 3. The molecule has 0 spiro atoms. The number of amides is 1. The molecule has 0 aliphatic carbocycles. The third-order valence-corrected chi connectivity index (χ3v) is 1.16. The zero-order valence-electron chi connectivity index (χ0n) is 4.46. The predicted molar refractivity (Wildman–Crippen MR) is 26.2 cm³/mol. The summed E-state index contributed by atoms with van der Waals surface area (Å²) in [5, 5.41) is 1.17. The average molecular weight is 116 g/mol. The molecule has 0 radical (unpaired) electrons. The summed E-state index contributed by atoms with van der Waals surface area (Å²) in [6.45, 7) is 0.634. The minimum absolute atomic E-state index is 0.0208. The first-order valence-electron chi connectivity index (χ1n) is 2.52. The van der Waals surface area contributed by atoms with Gasteiger partial charge in [-0.15, -0.1) is 0 Å². The first-order chi connectivity index (χ1) is 3.84. The van der Waals surface area contributed by atoms with Crippen LogP contribution < -0.4 is 5.90 Å². The van der Waals surface area contributed by atoms with E-state index in [1.165, 1.54) is 5.06 Å². The number of carbonyl (C=O) groups is 1. The highest BCUT2D eigenvalue weighted by atomic mass is 16.8. The predicted octanol–water partition coefficient (Wildman–Crippen LogP) is -0.586. The van der Waals surface area contributed by atoms with Crippen LogP contribution in [0.2, 0.25) is 0 Å². The lowest BCUT2D eigenvalue weighted by atomic mass is 10.4. The number of nitrogens with zero attached hydrogens (tertiary/aromatic N) is 1. The fraction of sp³-hybridized carbons (Fsp3) is 0.750. The van der Waals surface area contributed by atoms with Gasteiger partial charge in [-0.25, -0.2) is 5.06 Å². The lowest BCUT2D eigenvalue weighted by Gasteiger charge is -2.07. The second kappa shape index (κ2) is 2.11. The van der Waals surface area contributed by atoms with Gasteiger partial charge in [-0.2, -0.15) is 10.8 Å². The van der Waals surface area contributed by atoms with E-state index in [0.29, 0.717) is 13.0 Å². The lowest BCUT2D eigenvalue weighted by Crippen LogP contribution is -2.27. The number of hydroxylamine groups is 2. The van der Waals surface area contributed by atoms with E-state index >= 15 is 0 Å². The number of carbonyl (C=O) groups excluding carboxylic acids is 1. The third-order valence-electron chi connectivity index (χ3n) is 1.16. The second-order valence-corrected chi connectivity index (χ2v) is 1.70. The van der Waals surface area contributed by atoms with Crippen LogP contribution >= 0.6 is 0 Å². The van der Waals surface area contributed by atoms with Gasteiger partial charge in [0.15, 0.2) is 0 Å². The van der Waals surface area contributed by atoms with Crippen LogP contribution in [0.15, 0.2) is 0 Å². The Kier molecular flexibility index (Phi) is 1.45. The van der Waals surface area contributed by atoms with Crippen molar-refractivity contribution in [1.82, 2.24) is 5.06 Å². The molecule has 8 heavy (non-hydrogen) atoms. The van der Waals surface area contributed by atoms with E-state index in [1.807, 2.05) is 0 Å². The van der Waals surface area contributed by atoms with Crippen molar-refractivity contribution in [2.24, 2.45) is 5.90 Å². The van der Waals surface area contributed by atoms with E-state index in [-0.39, 0.29) is 5.91 Å². The van der Waals surface area contributed by atoms with E-state index < -0.39 is 0 Å². The fourth-order valence-corrected chi connectivity index (χ4v) is 0.735. The van der Waals surface area contributed by atoms with Crippen LogP contribution in [0.25, 0.3) is 0 Å². The number of hydrogen-bond donors (Lipinski definition) is 1. The summed E-state index contributed by atoms with van der Waals surface area (Å²) in [4.78, 5) is 14.7. The molecule has 1 rings (SSSR count). The summed E-state index contributed by atoms with van der Waals surface area (Å²) >= 11 is 0. The standard InChI is InChI=1S/C4H8N2O2/c5-8-6-3-1-2-4(6)7/h1-3,5H2. The van der Waals surface area contributed by atoms with Gasteiger partial charge in [0.2, 0.25) is 5.91 Å². The van der Waals surface area contributed by atoms with Crippen molar-refractivity contribution in [3.8, 4) is 0 Å². The Morgan fingerprint density at radius 1 is 1.75 bits per heavy atom. The molecule has 2 N–H and O–H groups in total. The van der Waals surface area contributed by atoms with Gasteiger partial charge in [0, 0.05) is 6.42 Å². The monoisotopic (exact) mass is 116 g/mol. The summed E-state index contributed by atoms with van der Waals surface area (Å²) in [6.07, 6.45) is 1.42. The average Bonchev–Trinajstić information content (AvgIpc) is 2.14. The highest BCUT2D eigenvalue weighted by Gasteiger charge is 2.19. The minimum atomic E-state index is -0.0208. The molecule has 0 bridgehead atoms. The van der Waals surface area contributed by atoms with Crippen molar-refractivity contribution in [3.05, 3.63) is 0 Å². The smallest absolute Gasteiger partial charge is 0.247 e. The molecule has 1 fully saturated rings. The number of nitrogens with two attached hydrogens (primary N) is 1. The van der Waals surface area contributed by atoms with Crippen LogP contribution in [0, 0.1) is 0 Å². The first kappa shape index (κ1) is 5.53. The molecule has 1 amide bonds. The van der Waals surface area contributed by atoms with Gasteiger partial charge < -0.3 is 0 Å². The molecule has 1 saturated heterocycles. The molecule has 1 aliphatic heterocycles. The van der Waals surface area contributed by atoms with Crippen LogP contribution in [0.1, 0.15) is 12.8 Å². The Bertz CT molecular complexity index is 104. The highest BCUT2D eigenvalue weighted by Crippen LogP contribution is 2.06. The van der Waals surface area contributed by atoms with Gasteiger partial charge in [-0.3, -0.25) is 4.79 Å². The SMILES string of the molecule is NON1CCCC1=O. The van der Waals surface area contributed by atoms with E-state index in [1.54, 1.807) is 0 Å². The molecule has 0 aromatic carbocycles. The lowest BCUT2D eigenvalue weighted by molar-refractivity contribution is -0.179. The molecule has 4 heteroatoms. The van der Waals surface area contributed by atoms with Crippen molar-refractivity contribution in [1.29, 1.82) is 0 Å². The molecule has 0 aromatic heterocycles. The first-order valence-corrected chi connectivity index (χ1v) is 2.52. The molecule has 0 unspecified atom stereocenters. The quantitative estimate of drug-likeness (QED) is 0.466. The van der Waals surface area contributed by atoms with Gasteiger partial charge in [-0.1, -0.05) is 0 Å². The zero-order chi connectivity index (χ0) is 5.98. The fourth-order valence-electron chi connectivity index (χ4n) is 0.735. The van der Waals surface area contributed by atoms with Gasteiger partial charge >= 0.3 is 0 Å². The molecular weight excluding hydrogens is 108 g/mol. The molecule has 0 atom stereocenters. The van der Waals surface area contributed by atoms with Crippen LogP contribution in [-0.2, 0) is 9.73 Å². The molecule has 46 valence electrons. The topological polar surface area (TPSA) is 55.6 Å². The highest BCUT2D eigenvalue weighted by molar-refractivity contribution is 5.76. The molecule has 1 aliphatic rings. The number of rotatable bonds is 1. The van der Waals surface area contributed by atoms with Gasteiger partial charge in [-0.05, 0) is 6.42 Å². The van der Waals surface area contributed by atoms with Crippen molar-refractivity contribution in [3.63, 3.8) is 0 Å². The summed E-state index contributed by atoms with van der Waals surface area (Å²) in [5.74, 6) is 4.71. The van der Waals surface area contributed by atoms with Crippen LogP contribution in [0.3, 0.4) is 0 Å². The van der Waals surface area contributed by atoms with E-state index in [4.69, 9.17) is 5.90 Å². The zero-order valence-corrected chi connectivity index (χ0v) is 4.46. The maximum absolute atomic E-state index is 10.5. The molecule has 0 aromatic rings. The van der Waals surface area contributed by atoms with Gasteiger partial charge in [0.05, 0.1) is 6.54 Å². The van der Waals surface area contributed by atoms with Crippen molar-refractivity contribution >= 4 is 5.91 Å². The summed E-state index contributed by atoms with van der Waals surface area (Å²) in [5.41, 5.74) is 0. The Hall–Kier alpha value is -0.610.